The first-order chi connectivity index (χ1) is 23.9. The Labute approximate surface area is 289 Å². The molecule has 50 heavy (non-hydrogen) atoms. The van der Waals surface area contributed by atoms with Crippen molar-refractivity contribution in [3.8, 4) is 17.2 Å². The van der Waals surface area contributed by atoms with Crippen LogP contribution in [-0.4, -0.2) is 91.5 Å². The van der Waals surface area contributed by atoms with Gasteiger partial charge in [0.25, 0.3) is 0 Å². The van der Waals surface area contributed by atoms with Gasteiger partial charge in [0.2, 0.25) is 16.8 Å². The number of sulfonamides is 1. The molecule has 0 bridgehead atoms. The van der Waals surface area contributed by atoms with E-state index in [2.05, 4.69) is 0 Å². The van der Waals surface area contributed by atoms with Crippen molar-refractivity contribution in [2.75, 3.05) is 33.1 Å². The van der Waals surface area contributed by atoms with Crippen LogP contribution in [0.2, 0.25) is 0 Å². The third kappa shape index (κ3) is 7.81. The molecule has 12 nitrogen and oxygen atoms in total. The van der Waals surface area contributed by atoms with Gasteiger partial charge >= 0.3 is 6.09 Å². The number of amides is 1. The molecule has 2 saturated heterocycles. The second-order valence-corrected chi connectivity index (χ2v) is 15.0. The number of carbonyl (C=O) groups is 1. The summed E-state index contributed by atoms with van der Waals surface area (Å²) >= 11 is 0. The average molecular weight is 719 g/mol. The molecule has 6 rings (SSSR count). The van der Waals surface area contributed by atoms with E-state index in [1.165, 1.54) is 33.5 Å². The lowest BCUT2D eigenvalue weighted by molar-refractivity contribution is -0.0906. The Hall–Kier alpha value is -4.02. The highest BCUT2D eigenvalue weighted by atomic mass is 32.2. The summed E-state index contributed by atoms with van der Waals surface area (Å²) in [7, 11) is -4.17. The highest BCUT2D eigenvalue weighted by Crippen LogP contribution is 2.37. The fourth-order valence-electron chi connectivity index (χ4n) is 6.63. The molecule has 5 atom stereocenters. The van der Waals surface area contributed by atoms with E-state index in [1.807, 2.05) is 13.8 Å². The highest BCUT2D eigenvalue weighted by molar-refractivity contribution is 7.89. The molecule has 3 aliphatic heterocycles. The van der Waals surface area contributed by atoms with Crippen LogP contribution >= 0.6 is 0 Å². The predicted molar refractivity (Wildman–Crippen MR) is 174 cm³/mol. The number of benzene rings is 3. The first-order valence-corrected chi connectivity index (χ1v) is 17.8. The van der Waals surface area contributed by atoms with Crippen LogP contribution < -0.4 is 14.2 Å². The second kappa shape index (κ2) is 15.1. The van der Waals surface area contributed by atoms with E-state index in [9.17, 15) is 32.2 Å². The zero-order valence-corrected chi connectivity index (χ0v) is 28.4. The van der Waals surface area contributed by atoms with Crippen LogP contribution in [0.5, 0.6) is 17.2 Å². The molecule has 0 aromatic heterocycles. The van der Waals surface area contributed by atoms with E-state index in [4.69, 9.17) is 23.7 Å². The van der Waals surface area contributed by atoms with E-state index in [-0.39, 0.29) is 55.5 Å². The quantitative estimate of drug-likeness (QED) is 0.242. The smallest absolute Gasteiger partial charge is 0.407 e. The van der Waals surface area contributed by atoms with Crippen molar-refractivity contribution in [3.63, 3.8) is 0 Å². The number of rotatable bonds is 14. The molecule has 1 amide bonds. The Kier molecular flexibility index (Phi) is 10.8. The molecule has 3 aliphatic rings. The van der Waals surface area contributed by atoms with Crippen LogP contribution in [0.25, 0.3) is 0 Å². The van der Waals surface area contributed by atoms with Crippen molar-refractivity contribution in [2.45, 2.75) is 62.7 Å². The predicted octanol–water partition coefficient (Wildman–Crippen LogP) is 4.63. The molecule has 2 fully saturated rings. The van der Waals surface area contributed by atoms with Crippen LogP contribution in [0.15, 0.2) is 65.6 Å². The molecule has 2 N–H and O–H groups in total. The Morgan fingerprint density at radius 2 is 1.70 bits per heavy atom. The fourth-order valence-corrected chi connectivity index (χ4v) is 8.27. The fraction of sp³-hybridized carbons (Fsp3) is 0.457. The van der Waals surface area contributed by atoms with Gasteiger partial charge in [-0.15, -0.1) is 0 Å². The van der Waals surface area contributed by atoms with Crippen LogP contribution in [0, 0.1) is 23.5 Å². The summed E-state index contributed by atoms with van der Waals surface area (Å²) in [5.41, 5.74) is 1.08. The van der Waals surface area contributed by atoms with Crippen molar-refractivity contribution in [2.24, 2.45) is 11.8 Å². The zero-order valence-electron chi connectivity index (χ0n) is 27.6. The molecule has 15 heteroatoms. The standard InChI is InChI=1S/C35H40F2N2O10S/c1-21(2)16-38(50(43,44)25-8-10-32-33(15-25)49-20-48-32)17-31(40)29(39(35(41)42)30-19-47-34-26(30)11-12-45-34)14-22-3-6-24(7-4-22)46-18-23-5-9-27(36)28(37)13-23/h3-10,13,15,21,26,29-31,34,40H,11-12,14,16-20H2,1-2H3,(H,41,42)/t26-,29-,30-,31+,34+/m0/s1. The molecule has 3 aromatic rings. The van der Waals surface area contributed by atoms with Gasteiger partial charge in [-0.2, -0.15) is 4.31 Å². The van der Waals surface area contributed by atoms with E-state index >= 15 is 0 Å². The first kappa shape index (κ1) is 35.8. The van der Waals surface area contributed by atoms with Gasteiger partial charge in [0.15, 0.2) is 29.4 Å². The molecule has 3 heterocycles. The lowest BCUT2D eigenvalue weighted by atomic mass is 9.93. The van der Waals surface area contributed by atoms with Gasteiger partial charge in [-0.3, -0.25) is 4.90 Å². The van der Waals surface area contributed by atoms with Gasteiger partial charge in [-0.1, -0.05) is 32.0 Å². The van der Waals surface area contributed by atoms with E-state index in [0.717, 1.165) is 12.1 Å². The van der Waals surface area contributed by atoms with Crippen molar-refractivity contribution < 1.29 is 55.9 Å². The number of hydrogen-bond acceptors (Lipinski definition) is 9. The van der Waals surface area contributed by atoms with Gasteiger partial charge in [0, 0.05) is 25.1 Å². The lowest BCUT2D eigenvalue weighted by Crippen LogP contribution is -2.57. The van der Waals surface area contributed by atoms with Gasteiger partial charge in [-0.25, -0.2) is 22.0 Å². The largest absolute Gasteiger partial charge is 0.489 e. The number of nitrogens with zero attached hydrogens (tertiary/aromatic N) is 2. The maximum atomic E-state index is 14.0. The molecular weight excluding hydrogens is 678 g/mol. The Balaban J connectivity index is 1.26. The van der Waals surface area contributed by atoms with Crippen molar-refractivity contribution in [1.29, 1.82) is 0 Å². The van der Waals surface area contributed by atoms with Crippen molar-refractivity contribution in [3.05, 3.63) is 83.4 Å². The summed E-state index contributed by atoms with van der Waals surface area (Å²) in [6.45, 7) is 3.80. The maximum absolute atomic E-state index is 14.0. The van der Waals surface area contributed by atoms with Crippen LogP contribution in [0.1, 0.15) is 31.4 Å². The number of fused-ring (bicyclic) bond motifs is 2. The minimum Gasteiger partial charge on any atom is -0.489 e. The van der Waals surface area contributed by atoms with Crippen molar-refractivity contribution in [1.82, 2.24) is 9.21 Å². The summed E-state index contributed by atoms with van der Waals surface area (Å²) in [6, 6.07) is 12.8. The summed E-state index contributed by atoms with van der Waals surface area (Å²) in [6.07, 6.45) is -2.70. The van der Waals surface area contributed by atoms with Crippen LogP contribution in [0.4, 0.5) is 13.6 Å². The van der Waals surface area contributed by atoms with Gasteiger partial charge in [0.05, 0.1) is 36.3 Å². The molecule has 3 aromatic carbocycles. The number of ether oxygens (including phenoxy) is 5. The molecular formula is C35H40F2N2O10S. The monoisotopic (exact) mass is 718 g/mol. The summed E-state index contributed by atoms with van der Waals surface area (Å²) < 4.78 is 84.1. The van der Waals surface area contributed by atoms with Crippen molar-refractivity contribution >= 4 is 16.1 Å². The van der Waals surface area contributed by atoms with Crippen LogP contribution in [-0.2, 0) is 32.5 Å². The maximum Gasteiger partial charge on any atom is 0.407 e. The normalized spacial score (nSPS) is 21.0. The van der Waals surface area contributed by atoms with Gasteiger partial charge in [0.1, 0.15) is 12.4 Å². The van der Waals surface area contributed by atoms with Gasteiger partial charge in [-0.05, 0) is 66.3 Å². The number of aliphatic hydroxyl groups is 1. The summed E-state index contributed by atoms with van der Waals surface area (Å²) in [5, 5.41) is 22.5. The van der Waals surface area contributed by atoms with E-state index in [0.29, 0.717) is 35.7 Å². The SMILES string of the molecule is CC(C)CN(C[C@@H](O)[C@H](Cc1ccc(OCc2ccc(F)c(F)c2)cc1)N(C(=O)O)[C@H]1CO[C@H]2OCC[C@H]21)S(=O)(=O)c1ccc2c(c1)OCO2. The molecule has 0 saturated carbocycles. The Bertz CT molecular complexity index is 1780. The molecule has 0 radical (unpaired) electrons. The Morgan fingerprint density at radius 1 is 0.960 bits per heavy atom. The third-order valence-corrected chi connectivity index (χ3v) is 10.9. The average Bonchev–Trinajstić information content (AvgIpc) is 3.83. The van der Waals surface area contributed by atoms with Gasteiger partial charge < -0.3 is 33.9 Å². The number of hydrogen-bond donors (Lipinski definition) is 2. The van der Waals surface area contributed by atoms with Crippen LogP contribution in [0.3, 0.4) is 0 Å². The lowest BCUT2D eigenvalue weighted by Gasteiger charge is -2.39. The minimum absolute atomic E-state index is 0.0134. The highest BCUT2D eigenvalue weighted by Gasteiger charge is 2.49. The second-order valence-electron chi connectivity index (χ2n) is 13.0. The Morgan fingerprint density at radius 3 is 2.42 bits per heavy atom. The summed E-state index contributed by atoms with van der Waals surface area (Å²) in [5.74, 6) is -1.17. The number of halogens is 2. The third-order valence-electron chi connectivity index (χ3n) is 9.09. The summed E-state index contributed by atoms with van der Waals surface area (Å²) in [4.78, 5) is 14.2. The van der Waals surface area contributed by atoms with E-state index in [1.54, 1.807) is 24.3 Å². The molecule has 270 valence electrons. The molecule has 0 aliphatic carbocycles. The zero-order chi connectivity index (χ0) is 35.6. The number of carboxylic acid groups (broad SMARTS) is 1. The number of aliphatic hydroxyl groups excluding tert-OH is 1. The molecule has 0 unspecified atom stereocenters. The first-order valence-electron chi connectivity index (χ1n) is 16.4. The minimum atomic E-state index is -4.17. The molecule has 0 spiro atoms. The van der Waals surface area contributed by atoms with E-state index < -0.39 is 58.8 Å². The topological polar surface area (TPSA) is 144 Å².